The minimum absolute atomic E-state index is 0.430. The molecule has 20 heavy (non-hydrogen) atoms. The number of rotatable bonds is 5. The van der Waals surface area contributed by atoms with Crippen molar-refractivity contribution in [2.24, 2.45) is 0 Å². The van der Waals surface area contributed by atoms with E-state index in [0.29, 0.717) is 29.9 Å². The van der Waals surface area contributed by atoms with Crippen molar-refractivity contribution in [2.45, 2.75) is 20.8 Å². The third-order valence-electron chi connectivity index (χ3n) is 2.32. The normalized spacial score (nSPS) is 9.40. The third-order valence-corrected chi connectivity index (χ3v) is 2.61. The van der Waals surface area contributed by atoms with Crippen LogP contribution in [0.5, 0.6) is 11.6 Å². The zero-order chi connectivity index (χ0) is 14.8. The summed E-state index contributed by atoms with van der Waals surface area (Å²) in [7, 11) is 0. The van der Waals surface area contributed by atoms with Gasteiger partial charge in [-0.25, -0.2) is 4.98 Å². The van der Waals surface area contributed by atoms with E-state index in [-0.39, 0.29) is 0 Å². The van der Waals surface area contributed by atoms with Gasteiger partial charge < -0.3 is 9.47 Å². The van der Waals surface area contributed by atoms with Crippen LogP contribution in [-0.4, -0.2) is 18.2 Å². The average Bonchev–Trinajstić information content (AvgIpc) is 2.48. The molecule has 0 atom stereocenters. The Hall–Kier alpha value is -1.74. The molecule has 0 N–H and O–H groups in total. The Bertz CT molecular complexity index is 503. The first-order valence-corrected chi connectivity index (χ1v) is 7.06. The van der Waals surface area contributed by atoms with E-state index in [1.54, 1.807) is 12.3 Å². The molecule has 2 aromatic rings. The summed E-state index contributed by atoms with van der Waals surface area (Å²) in [5, 5.41) is 0.618. The largest absolute Gasteiger partial charge is 0.488 e. The van der Waals surface area contributed by atoms with Crippen LogP contribution in [0.1, 0.15) is 19.4 Å². The van der Waals surface area contributed by atoms with Gasteiger partial charge in [-0.3, -0.25) is 0 Å². The van der Waals surface area contributed by atoms with Gasteiger partial charge in [0, 0.05) is 12.3 Å². The van der Waals surface area contributed by atoms with E-state index in [1.807, 2.05) is 51.1 Å². The molecule has 0 radical (unpaired) electrons. The van der Waals surface area contributed by atoms with Crippen molar-refractivity contribution in [1.82, 2.24) is 4.98 Å². The second-order valence-corrected chi connectivity index (χ2v) is 4.21. The van der Waals surface area contributed by atoms with Crippen LogP contribution < -0.4 is 9.47 Å². The smallest absolute Gasteiger partial charge is 0.213 e. The Balaban J connectivity index is 0.000000956. The molecule has 2 rings (SSSR count). The van der Waals surface area contributed by atoms with Gasteiger partial charge in [0.15, 0.2) is 0 Å². The highest BCUT2D eigenvalue weighted by molar-refractivity contribution is 6.32. The molecule has 1 heterocycles. The van der Waals surface area contributed by atoms with Gasteiger partial charge in [-0.2, -0.15) is 0 Å². The van der Waals surface area contributed by atoms with Gasteiger partial charge in [-0.15, -0.1) is 0 Å². The second kappa shape index (κ2) is 9.21. The van der Waals surface area contributed by atoms with Crippen molar-refractivity contribution in [2.75, 3.05) is 13.2 Å². The summed E-state index contributed by atoms with van der Waals surface area (Å²) >= 11 is 6.05. The fourth-order valence-corrected chi connectivity index (χ4v) is 1.74. The van der Waals surface area contributed by atoms with Crippen molar-refractivity contribution < 1.29 is 9.47 Å². The number of aryl methyl sites for hydroxylation is 1. The van der Waals surface area contributed by atoms with E-state index in [1.165, 1.54) is 0 Å². The minimum Gasteiger partial charge on any atom is -0.488 e. The Kier molecular flexibility index (Phi) is 7.51. The number of ether oxygens (including phenoxy) is 2. The molecule has 0 bridgehead atoms. The fourth-order valence-electron chi connectivity index (χ4n) is 1.45. The molecule has 0 spiro atoms. The molecule has 0 aliphatic rings. The first-order chi connectivity index (χ1) is 9.75. The van der Waals surface area contributed by atoms with Gasteiger partial charge in [-0.05, 0) is 30.7 Å². The molecule has 4 heteroatoms. The Labute approximate surface area is 125 Å². The summed E-state index contributed by atoms with van der Waals surface area (Å²) in [4.78, 5) is 4.05. The van der Waals surface area contributed by atoms with Crippen molar-refractivity contribution in [3.8, 4) is 11.6 Å². The van der Waals surface area contributed by atoms with Crippen LogP contribution in [0, 0.1) is 6.92 Å². The highest BCUT2D eigenvalue weighted by atomic mass is 35.5. The number of pyridine rings is 1. The third kappa shape index (κ3) is 5.49. The van der Waals surface area contributed by atoms with Crippen molar-refractivity contribution >= 4 is 11.6 Å². The van der Waals surface area contributed by atoms with Crippen LogP contribution >= 0.6 is 11.6 Å². The minimum atomic E-state index is 0.430. The average molecular weight is 294 g/mol. The standard InChI is InChI=1S/C14H14ClNO2.C2H6/c1-11-5-6-13(12(15)10-11)17-8-9-18-14-4-2-3-7-16-14;1-2/h2-7,10H,8-9H2,1H3;1-2H3. The Morgan fingerprint density at radius 2 is 1.80 bits per heavy atom. The summed E-state index contributed by atoms with van der Waals surface area (Å²) in [6.07, 6.45) is 1.69. The highest BCUT2D eigenvalue weighted by Gasteiger charge is 2.01. The summed E-state index contributed by atoms with van der Waals surface area (Å²) in [6, 6.07) is 11.2. The number of aromatic nitrogens is 1. The molecule has 0 fully saturated rings. The van der Waals surface area contributed by atoms with Gasteiger partial charge in [0.2, 0.25) is 5.88 Å². The molecule has 0 saturated carbocycles. The molecular formula is C16H20ClNO2. The Morgan fingerprint density at radius 1 is 1.05 bits per heavy atom. The second-order valence-electron chi connectivity index (χ2n) is 3.80. The van der Waals surface area contributed by atoms with Crippen LogP contribution in [0.25, 0.3) is 0 Å². The van der Waals surface area contributed by atoms with E-state index >= 15 is 0 Å². The lowest BCUT2D eigenvalue weighted by atomic mass is 10.2. The van der Waals surface area contributed by atoms with E-state index in [4.69, 9.17) is 21.1 Å². The summed E-state index contributed by atoms with van der Waals surface area (Å²) in [5.41, 5.74) is 1.11. The van der Waals surface area contributed by atoms with Crippen LogP contribution in [0.3, 0.4) is 0 Å². The van der Waals surface area contributed by atoms with Crippen LogP contribution in [0.2, 0.25) is 5.02 Å². The fraction of sp³-hybridized carbons (Fsp3) is 0.312. The number of benzene rings is 1. The van der Waals surface area contributed by atoms with Gasteiger partial charge >= 0.3 is 0 Å². The quantitative estimate of drug-likeness (QED) is 0.759. The van der Waals surface area contributed by atoms with Crippen molar-refractivity contribution in [3.05, 3.63) is 53.2 Å². The molecule has 0 saturated heterocycles. The first-order valence-electron chi connectivity index (χ1n) is 6.68. The van der Waals surface area contributed by atoms with E-state index in [0.717, 1.165) is 5.56 Å². The predicted molar refractivity (Wildman–Crippen MR) is 82.8 cm³/mol. The molecule has 0 unspecified atom stereocenters. The molecule has 0 amide bonds. The summed E-state index contributed by atoms with van der Waals surface area (Å²) < 4.78 is 10.9. The van der Waals surface area contributed by atoms with E-state index < -0.39 is 0 Å². The lowest BCUT2D eigenvalue weighted by Crippen LogP contribution is -2.09. The highest BCUT2D eigenvalue weighted by Crippen LogP contribution is 2.24. The van der Waals surface area contributed by atoms with Gasteiger partial charge in [-0.1, -0.05) is 37.6 Å². The molecule has 1 aromatic carbocycles. The SMILES string of the molecule is CC.Cc1ccc(OCCOc2ccccn2)c(Cl)c1. The predicted octanol–water partition coefficient (Wildman–Crippen LogP) is 4.53. The van der Waals surface area contributed by atoms with Crippen molar-refractivity contribution in [3.63, 3.8) is 0 Å². The molecule has 1 aromatic heterocycles. The monoisotopic (exact) mass is 293 g/mol. The summed E-state index contributed by atoms with van der Waals surface area (Å²) in [5.74, 6) is 1.27. The maximum atomic E-state index is 6.05. The lowest BCUT2D eigenvalue weighted by Gasteiger charge is -2.09. The number of hydrogen-bond donors (Lipinski definition) is 0. The van der Waals surface area contributed by atoms with Crippen molar-refractivity contribution in [1.29, 1.82) is 0 Å². The molecular weight excluding hydrogens is 274 g/mol. The number of nitrogens with zero attached hydrogens (tertiary/aromatic N) is 1. The zero-order valence-electron chi connectivity index (χ0n) is 12.1. The van der Waals surface area contributed by atoms with Crippen LogP contribution in [-0.2, 0) is 0 Å². The molecule has 3 nitrogen and oxygen atoms in total. The first kappa shape index (κ1) is 16.3. The number of halogens is 1. The van der Waals surface area contributed by atoms with E-state index in [9.17, 15) is 0 Å². The number of hydrogen-bond acceptors (Lipinski definition) is 3. The zero-order valence-corrected chi connectivity index (χ0v) is 12.9. The van der Waals surface area contributed by atoms with Crippen LogP contribution in [0.15, 0.2) is 42.6 Å². The molecule has 0 aliphatic heterocycles. The van der Waals surface area contributed by atoms with Crippen LogP contribution in [0.4, 0.5) is 0 Å². The maximum absolute atomic E-state index is 6.05. The van der Waals surface area contributed by atoms with Gasteiger partial charge in [0.05, 0.1) is 5.02 Å². The lowest BCUT2D eigenvalue weighted by molar-refractivity contribution is 0.212. The van der Waals surface area contributed by atoms with E-state index in [2.05, 4.69) is 4.98 Å². The summed E-state index contributed by atoms with van der Waals surface area (Å²) in [6.45, 7) is 6.85. The molecule has 0 aliphatic carbocycles. The maximum Gasteiger partial charge on any atom is 0.213 e. The van der Waals surface area contributed by atoms with Gasteiger partial charge in [0.1, 0.15) is 19.0 Å². The van der Waals surface area contributed by atoms with Gasteiger partial charge in [0.25, 0.3) is 0 Å². The topological polar surface area (TPSA) is 31.4 Å². The Morgan fingerprint density at radius 3 is 2.45 bits per heavy atom. The molecule has 108 valence electrons.